The number of hydrogen-bond donors (Lipinski definition) is 4. The van der Waals surface area contributed by atoms with Gasteiger partial charge >= 0.3 is 5.97 Å². The summed E-state index contributed by atoms with van der Waals surface area (Å²) in [7, 11) is 0. The van der Waals surface area contributed by atoms with Crippen LogP contribution in [0.4, 0.5) is 0 Å². The van der Waals surface area contributed by atoms with Crippen molar-refractivity contribution in [1.29, 1.82) is 0 Å². The predicted molar refractivity (Wildman–Crippen MR) is 103 cm³/mol. The Bertz CT molecular complexity index is 351. The normalized spacial score (nSPS) is 22.8. The van der Waals surface area contributed by atoms with E-state index >= 15 is 0 Å². The number of carbonyl (C=O) groups is 1. The van der Waals surface area contributed by atoms with E-state index in [0.717, 1.165) is 19.3 Å². The zero-order valence-electron chi connectivity index (χ0n) is 17.0. The summed E-state index contributed by atoms with van der Waals surface area (Å²) in [4.78, 5) is 11.6. The van der Waals surface area contributed by atoms with Gasteiger partial charge in [0, 0.05) is 13.0 Å². The molecule has 0 radical (unpaired) electrons. The van der Waals surface area contributed by atoms with E-state index in [2.05, 4.69) is 6.92 Å². The maximum absolute atomic E-state index is 11.6. The number of rotatable bonds is 13. The fourth-order valence-electron chi connectivity index (χ4n) is 2.89. The maximum atomic E-state index is 11.6. The van der Waals surface area contributed by atoms with Crippen LogP contribution in [0.3, 0.4) is 0 Å². The third-order valence-corrected chi connectivity index (χ3v) is 4.47. The van der Waals surface area contributed by atoms with Gasteiger partial charge in [-0.05, 0) is 13.3 Å². The van der Waals surface area contributed by atoms with Crippen LogP contribution in [0.2, 0.25) is 0 Å². The van der Waals surface area contributed by atoms with E-state index in [4.69, 9.17) is 14.6 Å². The number of unbranched alkanes of at least 4 members (excludes halogenated alkanes) is 8. The van der Waals surface area contributed by atoms with Crippen LogP contribution in [0, 0.1) is 0 Å². The van der Waals surface area contributed by atoms with Crippen molar-refractivity contribution in [1.82, 2.24) is 0 Å². The zero-order valence-corrected chi connectivity index (χ0v) is 17.0. The van der Waals surface area contributed by atoms with Gasteiger partial charge in [-0.2, -0.15) is 0 Å². The molecular formula is C20H40O7. The van der Waals surface area contributed by atoms with E-state index in [-0.39, 0.29) is 25.8 Å². The molecule has 7 nitrogen and oxygen atoms in total. The first-order chi connectivity index (χ1) is 13.0. The Morgan fingerprint density at radius 1 is 1.04 bits per heavy atom. The number of ether oxygens (including phenoxy) is 2. The van der Waals surface area contributed by atoms with Crippen LogP contribution >= 0.6 is 0 Å². The van der Waals surface area contributed by atoms with Crippen LogP contribution in [0.25, 0.3) is 0 Å². The summed E-state index contributed by atoms with van der Waals surface area (Å²) in [5.41, 5.74) is 0. The van der Waals surface area contributed by atoms with Crippen LogP contribution in [0.1, 0.15) is 78.1 Å². The van der Waals surface area contributed by atoms with Crippen molar-refractivity contribution < 1.29 is 34.7 Å². The number of aliphatic hydroxyl groups is 4. The molecule has 0 amide bonds. The monoisotopic (exact) mass is 392 g/mol. The van der Waals surface area contributed by atoms with Crippen LogP contribution < -0.4 is 0 Å². The van der Waals surface area contributed by atoms with E-state index < -0.39 is 24.4 Å². The maximum Gasteiger partial charge on any atom is 0.305 e. The fourth-order valence-corrected chi connectivity index (χ4v) is 2.89. The average Bonchev–Trinajstić information content (AvgIpc) is 2.98. The molecule has 1 heterocycles. The molecular weight excluding hydrogens is 352 g/mol. The van der Waals surface area contributed by atoms with Gasteiger partial charge in [0.05, 0.1) is 6.61 Å². The van der Waals surface area contributed by atoms with Crippen molar-refractivity contribution in [2.24, 2.45) is 0 Å². The topological polar surface area (TPSA) is 116 Å². The molecule has 4 N–H and O–H groups in total. The summed E-state index contributed by atoms with van der Waals surface area (Å²) in [5, 5.41) is 36.4. The highest BCUT2D eigenvalue weighted by molar-refractivity contribution is 5.69. The van der Waals surface area contributed by atoms with Crippen molar-refractivity contribution in [2.45, 2.75) is 102 Å². The van der Waals surface area contributed by atoms with Crippen LogP contribution in [-0.4, -0.2) is 70.6 Å². The summed E-state index contributed by atoms with van der Waals surface area (Å²) in [6.07, 6.45) is 6.84. The molecule has 0 aromatic carbocycles. The van der Waals surface area contributed by atoms with Crippen molar-refractivity contribution in [3.05, 3.63) is 0 Å². The van der Waals surface area contributed by atoms with Crippen molar-refractivity contribution in [2.75, 3.05) is 19.8 Å². The van der Waals surface area contributed by atoms with Gasteiger partial charge in [0.2, 0.25) is 0 Å². The van der Waals surface area contributed by atoms with Gasteiger partial charge in [0.1, 0.15) is 31.0 Å². The number of carbonyl (C=O) groups excluding carboxylic acids is 1. The molecule has 0 aromatic heterocycles. The molecule has 1 rings (SSSR count). The molecule has 0 spiro atoms. The lowest BCUT2D eigenvalue weighted by atomic mass is 10.1. The highest BCUT2D eigenvalue weighted by atomic mass is 16.6. The molecule has 4 atom stereocenters. The minimum absolute atomic E-state index is 0.0186. The summed E-state index contributed by atoms with van der Waals surface area (Å²) in [6, 6.07) is 0. The van der Waals surface area contributed by atoms with Crippen molar-refractivity contribution >= 4 is 5.97 Å². The standard InChI is InChI=1S/C18H34O6.C2H6O/c1-2-3-4-5-6-7-8-9-10-11-16(21)23-13-15(20)18-17(22)14(19)12-24-18;1-2-3/h14-15,17-20,22H,2-13H2,1H3;3H,2H2,1H3/t14-,15+,17+,18+;/m0./s1. The first kappa shape index (κ1) is 26.3. The molecule has 162 valence electrons. The Balaban J connectivity index is 0.00000210. The van der Waals surface area contributed by atoms with Gasteiger partial charge in [-0.15, -0.1) is 0 Å². The Hall–Kier alpha value is -0.730. The number of esters is 1. The van der Waals surface area contributed by atoms with Gasteiger partial charge in [0.25, 0.3) is 0 Å². The van der Waals surface area contributed by atoms with E-state index in [9.17, 15) is 20.1 Å². The summed E-state index contributed by atoms with van der Waals surface area (Å²) < 4.78 is 10.1. The largest absolute Gasteiger partial charge is 0.463 e. The lowest BCUT2D eigenvalue weighted by Crippen LogP contribution is -2.41. The van der Waals surface area contributed by atoms with E-state index in [1.807, 2.05) is 0 Å². The zero-order chi connectivity index (χ0) is 20.5. The molecule has 0 bridgehead atoms. The molecule has 1 aliphatic rings. The van der Waals surface area contributed by atoms with E-state index in [1.165, 1.54) is 38.5 Å². The molecule has 0 unspecified atom stereocenters. The van der Waals surface area contributed by atoms with Crippen LogP contribution in [-0.2, 0) is 14.3 Å². The Kier molecular flexibility index (Phi) is 16.9. The second kappa shape index (κ2) is 17.4. The Labute approximate surface area is 163 Å². The highest BCUT2D eigenvalue weighted by Gasteiger charge is 2.39. The molecule has 0 aromatic rings. The first-order valence-corrected chi connectivity index (χ1v) is 10.4. The average molecular weight is 393 g/mol. The summed E-state index contributed by atoms with van der Waals surface area (Å²) in [5.74, 6) is -0.343. The lowest BCUT2D eigenvalue weighted by Gasteiger charge is -2.20. The minimum atomic E-state index is -1.14. The molecule has 1 aliphatic heterocycles. The molecule has 27 heavy (non-hydrogen) atoms. The molecule has 0 saturated carbocycles. The minimum Gasteiger partial charge on any atom is -0.463 e. The van der Waals surface area contributed by atoms with Gasteiger partial charge in [-0.25, -0.2) is 0 Å². The molecule has 1 saturated heterocycles. The number of hydrogen-bond acceptors (Lipinski definition) is 7. The Morgan fingerprint density at radius 3 is 2.04 bits per heavy atom. The molecule has 7 heteroatoms. The second-order valence-electron chi connectivity index (χ2n) is 7.00. The Morgan fingerprint density at radius 2 is 1.56 bits per heavy atom. The van der Waals surface area contributed by atoms with Gasteiger partial charge in [-0.3, -0.25) is 4.79 Å². The molecule has 1 fully saturated rings. The summed E-state index contributed by atoms with van der Waals surface area (Å²) in [6.45, 7) is 3.91. The van der Waals surface area contributed by atoms with Gasteiger partial charge in [0.15, 0.2) is 0 Å². The lowest BCUT2D eigenvalue weighted by molar-refractivity contribution is -0.151. The van der Waals surface area contributed by atoms with E-state index in [1.54, 1.807) is 6.92 Å². The molecule has 0 aliphatic carbocycles. The summed E-state index contributed by atoms with van der Waals surface area (Å²) >= 11 is 0. The smallest absolute Gasteiger partial charge is 0.305 e. The number of aliphatic hydroxyl groups excluding tert-OH is 4. The van der Waals surface area contributed by atoms with Gasteiger partial charge in [-0.1, -0.05) is 58.3 Å². The quantitative estimate of drug-likeness (QED) is 0.279. The second-order valence-corrected chi connectivity index (χ2v) is 7.00. The predicted octanol–water partition coefficient (Wildman–Crippen LogP) is 1.93. The third-order valence-electron chi connectivity index (χ3n) is 4.47. The SMILES string of the molecule is CCCCCCCCCCCC(=O)OC[C@@H](O)[C@H]1OC[C@H](O)[C@H]1O.CCO. The van der Waals surface area contributed by atoms with E-state index in [0.29, 0.717) is 6.42 Å². The van der Waals surface area contributed by atoms with Gasteiger partial charge < -0.3 is 29.9 Å². The van der Waals surface area contributed by atoms with Crippen molar-refractivity contribution in [3.8, 4) is 0 Å². The van der Waals surface area contributed by atoms with Crippen molar-refractivity contribution in [3.63, 3.8) is 0 Å². The first-order valence-electron chi connectivity index (χ1n) is 10.4. The van der Waals surface area contributed by atoms with Crippen LogP contribution in [0.15, 0.2) is 0 Å². The fraction of sp³-hybridized carbons (Fsp3) is 0.950. The third kappa shape index (κ3) is 13.1. The van der Waals surface area contributed by atoms with Crippen LogP contribution in [0.5, 0.6) is 0 Å². The highest BCUT2D eigenvalue weighted by Crippen LogP contribution is 2.18.